The van der Waals surface area contributed by atoms with Gasteiger partial charge in [0.1, 0.15) is 17.9 Å². The van der Waals surface area contributed by atoms with Gasteiger partial charge in [0.25, 0.3) is 5.69 Å². The molecule has 2 rings (SSSR count). The molecular weight excluding hydrogens is 262 g/mol. The average Bonchev–Trinajstić information content (AvgIpc) is 2.84. The molecule has 0 aliphatic carbocycles. The molecule has 0 saturated carbocycles. The SMILES string of the molecule is COc1cc(NCCc2nncn2C)cc([N+](=O)[O-])c1. The molecule has 1 heterocycles. The first-order valence-corrected chi connectivity index (χ1v) is 6.00. The Bertz CT molecular complexity index is 611. The van der Waals surface area contributed by atoms with E-state index in [1.54, 1.807) is 12.4 Å². The molecule has 0 spiro atoms. The van der Waals surface area contributed by atoms with E-state index in [0.717, 1.165) is 5.82 Å². The molecule has 0 atom stereocenters. The van der Waals surface area contributed by atoms with E-state index in [1.165, 1.54) is 19.2 Å². The van der Waals surface area contributed by atoms with E-state index in [9.17, 15) is 10.1 Å². The van der Waals surface area contributed by atoms with Crippen molar-refractivity contribution in [1.29, 1.82) is 0 Å². The Hall–Kier alpha value is -2.64. The number of hydrogen-bond acceptors (Lipinski definition) is 6. The van der Waals surface area contributed by atoms with E-state index in [0.29, 0.717) is 24.4 Å². The van der Waals surface area contributed by atoms with Crippen LogP contribution in [-0.4, -0.2) is 33.3 Å². The van der Waals surface area contributed by atoms with Gasteiger partial charge in [0.2, 0.25) is 0 Å². The number of anilines is 1. The fraction of sp³-hybridized carbons (Fsp3) is 0.333. The summed E-state index contributed by atoms with van der Waals surface area (Å²) in [4.78, 5) is 10.4. The van der Waals surface area contributed by atoms with Crippen LogP contribution in [0.5, 0.6) is 5.75 Å². The van der Waals surface area contributed by atoms with Gasteiger partial charge in [-0.15, -0.1) is 10.2 Å². The minimum atomic E-state index is -0.448. The summed E-state index contributed by atoms with van der Waals surface area (Å²) in [6.07, 6.45) is 2.30. The zero-order valence-corrected chi connectivity index (χ0v) is 11.2. The molecule has 106 valence electrons. The number of nitro benzene ring substituents is 1. The summed E-state index contributed by atoms with van der Waals surface area (Å²) in [7, 11) is 3.34. The van der Waals surface area contributed by atoms with Gasteiger partial charge >= 0.3 is 0 Å². The standard InChI is InChI=1S/C12H15N5O3/c1-16-8-14-15-12(16)3-4-13-9-5-10(17(18)19)7-11(6-9)20-2/h5-8,13H,3-4H2,1-2H3. The molecule has 2 aromatic rings. The number of methoxy groups -OCH3 is 1. The number of nitrogens with one attached hydrogen (secondary N) is 1. The molecule has 0 fully saturated rings. The highest BCUT2D eigenvalue weighted by Crippen LogP contribution is 2.25. The minimum absolute atomic E-state index is 0.00879. The van der Waals surface area contributed by atoms with Crippen LogP contribution >= 0.6 is 0 Å². The summed E-state index contributed by atoms with van der Waals surface area (Å²) in [5, 5.41) is 21.7. The van der Waals surface area contributed by atoms with Crippen molar-refractivity contribution in [3.8, 4) is 5.75 Å². The van der Waals surface area contributed by atoms with E-state index < -0.39 is 4.92 Å². The Balaban J connectivity index is 2.03. The summed E-state index contributed by atoms with van der Waals surface area (Å²) < 4.78 is 6.88. The molecule has 20 heavy (non-hydrogen) atoms. The zero-order valence-electron chi connectivity index (χ0n) is 11.2. The fourth-order valence-corrected chi connectivity index (χ4v) is 1.76. The predicted octanol–water partition coefficient (Wildman–Crippen LogP) is 1.39. The fourth-order valence-electron chi connectivity index (χ4n) is 1.76. The van der Waals surface area contributed by atoms with Crippen LogP contribution in [0.3, 0.4) is 0 Å². The van der Waals surface area contributed by atoms with Gasteiger partial charge in [-0.2, -0.15) is 0 Å². The molecule has 0 aliphatic heterocycles. The number of aromatic nitrogens is 3. The smallest absolute Gasteiger partial charge is 0.275 e. The highest BCUT2D eigenvalue weighted by molar-refractivity contribution is 5.56. The maximum atomic E-state index is 10.8. The first kappa shape index (κ1) is 13.8. The Morgan fingerprint density at radius 1 is 1.45 bits per heavy atom. The van der Waals surface area contributed by atoms with Gasteiger partial charge in [-0.25, -0.2) is 0 Å². The monoisotopic (exact) mass is 277 g/mol. The third-order valence-electron chi connectivity index (χ3n) is 2.82. The molecule has 8 nitrogen and oxygen atoms in total. The van der Waals surface area contributed by atoms with Crippen molar-refractivity contribution < 1.29 is 9.66 Å². The largest absolute Gasteiger partial charge is 0.496 e. The van der Waals surface area contributed by atoms with Gasteiger partial charge in [0.05, 0.1) is 18.1 Å². The summed E-state index contributed by atoms with van der Waals surface area (Å²) in [5.41, 5.74) is 0.628. The van der Waals surface area contributed by atoms with Crippen molar-refractivity contribution in [3.05, 3.63) is 40.5 Å². The highest BCUT2D eigenvalue weighted by atomic mass is 16.6. The topological polar surface area (TPSA) is 95.1 Å². The lowest BCUT2D eigenvalue weighted by molar-refractivity contribution is -0.384. The van der Waals surface area contributed by atoms with E-state index in [-0.39, 0.29) is 5.69 Å². The van der Waals surface area contributed by atoms with Gasteiger partial charge in [-0.3, -0.25) is 10.1 Å². The zero-order chi connectivity index (χ0) is 14.5. The van der Waals surface area contributed by atoms with E-state index >= 15 is 0 Å². The second-order valence-corrected chi connectivity index (χ2v) is 4.21. The van der Waals surface area contributed by atoms with Crippen molar-refractivity contribution in [2.75, 3.05) is 19.0 Å². The van der Waals surface area contributed by atoms with E-state index in [4.69, 9.17) is 4.74 Å². The van der Waals surface area contributed by atoms with Crippen LogP contribution in [0.25, 0.3) is 0 Å². The molecule has 1 N–H and O–H groups in total. The highest BCUT2D eigenvalue weighted by Gasteiger charge is 2.10. The number of benzene rings is 1. The number of ether oxygens (including phenoxy) is 1. The Morgan fingerprint density at radius 2 is 2.25 bits per heavy atom. The van der Waals surface area contributed by atoms with Crippen molar-refractivity contribution >= 4 is 11.4 Å². The van der Waals surface area contributed by atoms with E-state index in [2.05, 4.69) is 15.5 Å². The lowest BCUT2D eigenvalue weighted by Gasteiger charge is -2.08. The summed E-state index contributed by atoms with van der Waals surface area (Å²) in [6, 6.07) is 4.57. The number of rotatable bonds is 6. The number of non-ortho nitro benzene ring substituents is 1. The minimum Gasteiger partial charge on any atom is -0.496 e. The first-order valence-electron chi connectivity index (χ1n) is 6.00. The molecule has 0 amide bonds. The molecule has 0 bridgehead atoms. The third kappa shape index (κ3) is 3.22. The molecule has 0 aliphatic rings. The molecule has 0 saturated heterocycles. The summed E-state index contributed by atoms with van der Waals surface area (Å²) >= 11 is 0. The van der Waals surface area contributed by atoms with Crippen LogP contribution in [0.1, 0.15) is 5.82 Å². The predicted molar refractivity (Wildman–Crippen MR) is 72.8 cm³/mol. The second kappa shape index (κ2) is 6.00. The van der Waals surface area contributed by atoms with Crippen LogP contribution in [0.4, 0.5) is 11.4 Å². The average molecular weight is 277 g/mol. The lowest BCUT2D eigenvalue weighted by Crippen LogP contribution is -2.09. The molecule has 0 unspecified atom stereocenters. The van der Waals surface area contributed by atoms with Crippen molar-refractivity contribution in [2.45, 2.75) is 6.42 Å². The quantitative estimate of drug-likeness (QED) is 0.633. The number of nitro groups is 1. The van der Waals surface area contributed by atoms with Gasteiger partial charge in [0, 0.05) is 37.8 Å². The molecular formula is C12H15N5O3. The van der Waals surface area contributed by atoms with Crippen LogP contribution < -0.4 is 10.1 Å². The first-order chi connectivity index (χ1) is 9.60. The van der Waals surface area contributed by atoms with Gasteiger partial charge in [-0.1, -0.05) is 0 Å². The van der Waals surface area contributed by atoms with Crippen LogP contribution in [0.2, 0.25) is 0 Å². The molecule has 8 heteroatoms. The lowest BCUT2D eigenvalue weighted by atomic mass is 10.2. The maximum absolute atomic E-state index is 10.8. The van der Waals surface area contributed by atoms with Gasteiger partial charge in [-0.05, 0) is 0 Å². The third-order valence-corrected chi connectivity index (χ3v) is 2.82. The van der Waals surface area contributed by atoms with Crippen LogP contribution in [0, 0.1) is 10.1 Å². The van der Waals surface area contributed by atoms with Crippen molar-refractivity contribution in [1.82, 2.24) is 14.8 Å². The molecule has 0 radical (unpaired) electrons. The van der Waals surface area contributed by atoms with Crippen LogP contribution in [0.15, 0.2) is 24.5 Å². The van der Waals surface area contributed by atoms with Gasteiger partial charge in [0.15, 0.2) is 0 Å². The Labute approximate surface area is 115 Å². The Kier molecular flexibility index (Phi) is 4.14. The molecule has 1 aromatic heterocycles. The summed E-state index contributed by atoms with van der Waals surface area (Å²) in [5.74, 6) is 1.29. The number of aryl methyl sites for hydroxylation is 1. The number of hydrogen-bond donors (Lipinski definition) is 1. The number of nitrogens with zero attached hydrogens (tertiary/aromatic N) is 4. The Morgan fingerprint density at radius 3 is 2.85 bits per heavy atom. The maximum Gasteiger partial charge on any atom is 0.275 e. The normalized spacial score (nSPS) is 10.3. The van der Waals surface area contributed by atoms with Crippen molar-refractivity contribution in [3.63, 3.8) is 0 Å². The van der Waals surface area contributed by atoms with Crippen molar-refractivity contribution in [2.24, 2.45) is 7.05 Å². The summed E-state index contributed by atoms with van der Waals surface area (Å²) in [6.45, 7) is 0.594. The molecule has 1 aromatic carbocycles. The van der Waals surface area contributed by atoms with Crippen LogP contribution in [-0.2, 0) is 13.5 Å². The van der Waals surface area contributed by atoms with E-state index in [1.807, 2.05) is 11.6 Å². The second-order valence-electron chi connectivity index (χ2n) is 4.21. The van der Waals surface area contributed by atoms with Gasteiger partial charge < -0.3 is 14.6 Å².